The van der Waals surface area contributed by atoms with Crippen LogP contribution in [0.3, 0.4) is 0 Å². The fourth-order valence-electron chi connectivity index (χ4n) is 0.166. The normalized spacial score (nSPS) is 9.50. The zero-order valence-electron chi connectivity index (χ0n) is 3.77. The topological polar surface area (TPSA) is 35.1 Å². The summed E-state index contributed by atoms with van der Waals surface area (Å²) in [6.07, 6.45) is 2.10. The molecule has 2 nitrogen and oxygen atoms in total. The predicted molar refractivity (Wildman–Crippen MR) is 22.8 cm³/mol. The minimum Gasteiger partial charge on any atom is -0.877 e. The van der Waals surface area contributed by atoms with Gasteiger partial charge in [0.25, 0.3) is 0 Å². The fraction of sp³-hybridized carbons (Fsp3) is 0.500. The van der Waals surface area contributed by atoms with Gasteiger partial charge in [0.1, 0.15) is 0 Å². The second kappa shape index (κ2) is 4.34. The molecule has 0 fully saturated rings. The quantitative estimate of drug-likeness (QED) is 0.457. The van der Waals surface area contributed by atoms with E-state index in [-0.39, 0.29) is 0 Å². The molecular formula is C4H8NO-. The van der Waals surface area contributed by atoms with Gasteiger partial charge in [0.2, 0.25) is 0 Å². The molecule has 0 atom stereocenters. The third-order valence-electron chi connectivity index (χ3n) is 0.390. The molecule has 0 saturated carbocycles. The molecule has 2 heteroatoms. The molecule has 0 unspecified atom stereocenters. The molecule has 0 heterocycles. The lowest BCUT2D eigenvalue weighted by molar-refractivity contribution is -0.275. The van der Waals surface area contributed by atoms with E-state index in [0.29, 0.717) is 0 Å². The first kappa shape index (κ1) is 5.34. The van der Waals surface area contributed by atoms with Gasteiger partial charge in [0.15, 0.2) is 0 Å². The molecule has 0 radical (unpaired) electrons. The molecule has 0 aromatic carbocycles. The van der Waals surface area contributed by atoms with E-state index in [1.807, 2.05) is 6.92 Å². The SMILES string of the molecule is CCNC=C[O-]. The molecule has 0 saturated heterocycles. The molecule has 1 N–H and O–H groups in total. The van der Waals surface area contributed by atoms with E-state index in [2.05, 4.69) is 5.32 Å². The maximum Gasteiger partial charge on any atom is 0.0112 e. The monoisotopic (exact) mass is 86.1 g/mol. The Balaban J connectivity index is 2.66. The van der Waals surface area contributed by atoms with E-state index in [9.17, 15) is 5.11 Å². The van der Waals surface area contributed by atoms with E-state index in [1.54, 1.807) is 0 Å². The van der Waals surface area contributed by atoms with Gasteiger partial charge in [-0.1, -0.05) is 0 Å². The van der Waals surface area contributed by atoms with Crippen LogP contribution in [0.15, 0.2) is 12.5 Å². The number of nitrogens with one attached hydrogen (secondary N) is 1. The molecule has 0 spiro atoms. The summed E-state index contributed by atoms with van der Waals surface area (Å²) >= 11 is 0. The van der Waals surface area contributed by atoms with Crippen LogP contribution in [0.4, 0.5) is 0 Å². The molecule has 0 aliphatic heterocycles. The maximum atomic E-state index is 9.45. The first-order valence-electron chi connectivity index (χ1n) is 1.92. The number of hydrogen-bond acceptors (Lipinski definition) is 2. The highest BCUT2D eigenvalue weighted by molar-refractivity contribution is 4.64. The van der Waals surface area contributed by atoms with E-state index < -0.39 is 0 Å². The smallest absolute Gasteiger partial charge is 0.0112 e. The summed E-state index contributed by atoms with van der Waals surface area (Å²) in [6.45, 7) is 2.75. The van der Waals surface area contributed by atoms with E-state index in [0.717, 1.165) is 12.8 Å². The summed E-state index contributed by atoms with van der Waals surface area (Å²) in [5.41, 5.74) is 0. The molecule has 36 valence electrons. The second-order valence-electron chi connectivity index (χ2n) is 0.860. The van der Waals surface area contributed by atoms with Gasteiger partial charge in [-0.15, -0.1) is 6.26 Å². The Bertz CT molecular complexity index is 42.8. The molecule has 0 aromatic heterocycles. The first-order chi connectivity index (χ1) is 2.91. The van der Waals surface area contributed by atoms with Crippen molar-refractivity contribution in [2.45, 2.75) is 6.92 Å². The third-order valence-corrected chi connectivity index (χ3v) is 0.390. The van der Waals surface area contributed by atoms with Gasteiger partial charge in [0.05, 0.1) is 0 Å². The van der Waals surface area contributed by atoms with Gasteiger partial charge < -0.3 is 10.4 Å². The molecule has 0 rings (SSSR count). The molecule has 0 bridgehead atoms. The summed E-state index contributed by atoms with van der Waals surface area (Å²) in [6, 6.07) is 0. The van der Waals surface area contributed by atoms with Crippen LogP contribution in [0.25, 0.3) is 0 Å². The van der Waals surface area contributed by atoms with Crippen LogP contribution >= 0.6 is 0 Å². The molecule has 0 amide bonds. The molecular weight excluding hydrogens is 78.0 g/mol. The summed E-state index contributed by atoms with van der Waals surface area (Å²) < 4.78 is 0. The van der Waals surface area contributed by atoms with Crippen molar-refractivity contribution >= 4 is 0 Å². The van der Waals surface area contributed by atoms with Crippen LogP contribution in [-0.2, 0) is 0 Å². The zero-order chi connectivity index (χ0) is 4.83. The third kappa shape index (κ3) is 3.34. The molecule has 0 aliphatic carbocycles. The summed E-state index contributed by atoms with van der Waals surface area (Å²) in [5, 5.41) is 12.2. The van der Waals surface area contributed by atoms with Crippen molar-refractivity contribution in [3.8, 4) is 0 Å². The highest BCUT2D eigenvalue weighted by Crippen LogP contribution is 1.51. The Hall–Kier alpha value is -0.660. The lowest BCUT2D eigenvalue weighted by atomic mass is 10.7. The van der Waals surface area contributed by atoms with Crippen LogP contribution < -0.4 is 10.4 Å². The zero-order valence-corrected chi connectivity index (χ0v) is 3.77. The van der Waals surface area contributed by atoms with Gasteiger partial charge >= 0.3 is 0 Å². The number of rotatable bonds is 2. The van der Waals surface area contributed by atoms with Gasteiger partial charge in [-0.2, -0.15) is 0 Å². The van der Waals surface area contributed by atoms with Crippen LogP contribution in [0.5, 0.6) is 0 Å². The largest absolute Gasteiger partial charge is 0.877 e. The van der Waals surface area contributed by atoms with Crippen molar-refractivity contribution in [3.63, 3.8) is 0 Å². The summed E-state index contributed by atoms with van der Waals surface area (Å²) in [5.74, 6) is 0. The summed E-state index contributed by atoms with van der Waals surface area (Å²) in [4.78, 5) is 0. The highest BCUT2D eigenvalue weighted by Gasteiger charge is 1.55. The van der Waals surface area contributed by atoms with Crippen molar-refractivity contribution in [1.82, 2.24) is 5.32 Å². The minimum atomic E-state index is 0.726. The lowest BCUT2D eigenvalue weighted by Crippen LogP contribution is -2.03. The van der Waals surface area contributed by atoms with Gasteiger partial charge in [-0.05, 0) is 13.1 Å². The number of hydrogen-bond donors (Lipinski definition) is 1. The second-order valence-corrected chi connectivity index (χ2v) is 0.860. The Kier molecular flexibility index (Phi) is 3.86. The molecule has 0 aromatic rings. The fourth-order valence-corrected chi connectivity index (χ4v) is 0.166. The van der Waals surface area contributed by atoms with Gasteiger partial charge in [-0.25, -0.2) is 0 Å². The van der Waals surface area contributed by atoms with E-state index in [4.69, 9.17) is 0 Å². The van der Waals surface area contributed by atoms with Gasteiger partial charge in [0, 0.05) is 6.54 Å². The molecule has 0 aliphatic rings. The van der Waals surface area contributed by atoms with Crippen molar-refractivity contribution in [1.29, 1.82) is 0 Å². The first-order valence-corrected chi connectivity index (χ1v) is 1.92. The van der Waals surface area contributed by atoms with Gasteiger partial charge in [-0.3, -0.25) is 0 Å². The molecule has 6 heavy (non-hydrogen) atoms. The maximum absolute atomic E-state index is 9.45. The average Bonchev–Trinajstić information content (AvgIpc) is 1.61. The standard InChI is InChI=1S/C4H9NO/c1-2-5-3-4-6/h3-6H,2H2,1H3/p-1. The Morgan fingerprint density at radius 1 is 1.83 bits per heavy atom. The van der Waals surface area contributed by atoms with Crippen LogP contribution in [0.2, 0.25) is 0 Å². The van der Waals surface area contributed by atoms with Crippen LogP contribution in [0.1, 0.15) is 6.92 Å². The van der Waals surface area contributed by atoms with Crippen molar-refractivity contribution in [2.24, 2.45) is 0 Å². The van der Waals surface area contributed by atoms with Crippen molar-refractivity contribution < 1.29 is 5.11 Å². The minimum absolute atomic E-state index is 0.726. The Morgan fingerprint density at radius 3 is 2.67 bits per heavy atom. The van der Waals surface area contributed by atoms with Crippen LogP contribution in [0, 0.1) is 0 Å². The predicted octanol–water partition coefficient (Wildman–Crippen LogP) is -0.573. The van der Waals surface area contributed by atoms with Crippen molar-refractivity contribution in [3.05, 3.63) is 12.5 Å². The highest BCUT2D eigenvalue weighted by atomic mass is 16.2. The Morgan fingerprint density at radius 2 is 2.50 bits per heavy atom. The summed E-state index contributed by atoms with van der Waals surface area (Å²) in [7, 11) is 0. The van der Waals surface area contributed by atoms with Crippen LogP contribution in [-0.4, -0.2) is 6.54 Å². The van der Waals surface area contributed by atoms with E-state index >= 15 is 0 Å². The lowest BCUT2D eigenvalue weighted by Gasteiger charge is -1.91. The van der Waals surface area contributed by atoms with E-state index in [1.165, 1.54) is 6.20 Å². The average molecular weight is 86.1 g/mol. The Labute approximate surface area is 37.5 Å². The van der Waals surface area contributed by atoms with Crippen molar-refractivity contribution in [2.75, 3.05) is 6.54 Å².